The predicted molar refractivity (Wildman–Crippen MR) is 92.0 cm³/mol. The minimum Gasteiger partial charge on any atom is -0.301 e. The summed E-state index contributed by atoms with van der Waals surface area (Å²) in [7, 11) is 0. The maximum absolute atomic E-state index is 11.7. The van der Waals surface area contributed by atoms with Gasteiger partial charge >= 0.3 is 0 Å². The highest BCUT2D eigenvalue weighted by Crippen LogP contribution is 2.19. The van der Waals surface area contributed by atoms with Crippen molar-refractivity contribution in [1.29, 1.82) is 0 Å². The van der Waals surface area contributed by atoms with Crippen molar-refractivity contribution in [3.63, 3.8) is 0 Å². The van der Waals surface area contributed by atoms with Crippen LogP contribution in [0.2, 0.25) is 0 Å². The Labute approximate surface area is 138 Å². The Balaban J connectivity index is 1.69. The molecule has 1 aromatic carbocycles. The van der Waals surface area contributed by atoms with E-state index in [2.05, 4.69) is 22.0 Å². The zero-order valence-electron chi connectivity index (χ0n) is 12.9. The van der Waals surface area contributed by atoms with Crippen LogP contribution >= 0.6 is 11.8 Å². The number of para-hydroxylation sites is 1. The lowest BCUT2D eigenvalue weighted by Gasteiger charge is -2.02. The Kier molecular flexibility index (Phi) is 4.92. The van der Waals surface area contributed by atoms with Crippen molar-refractivity contribution in [2.45, 2.75) is 30.7 Å². The number of aromatic nitrogens is 4. The van der Waals surface area contributed by atoms with E-state index in [4.69, 9.17) is 0 Å². The van der Waals surface area contributed by atoms with Gasteiger partial charge in [0, 0.05) is 29.3 Å². The second kappa shape index (κ2) is 7.28. The molecule has 5 nitrogen and oxygen atoms in total. The van der Waals surface area contributed by atoms with Crippen LogP contribution in [0.15, 0.2) is 58.7 Å². The summed E-state index contributed by atoms with van der Waals surface area (Å²) >= 11 is 1.52. The van der Waals surface area contributed by atoms with Gasteiger partial charge in [-0.05, 0) is 18.6 Å². The third kappa shape index (κ3) is 4.10. The number of aromatic amines is 1. The molecule has 118 valence electrons. The zero-order chi connectivity index (χ0) is 16.1. The standard InChI is InChI=1S/C17H18N4OS/c1-2-6-14-9-16(22)20-17(19-14)23-12-13-10-18-21(11-13)15-7-4-3-5-8-15/h3-5,7-11H,2,6,12H2,1H3,(H,19,20,22). The van der Waals surface area contributed by atoms with Crippen molar-refractivity contribution >= 4 is 11.8 Å². The quantitative estimate of drug-likeness (QED) is 0.558. The number of aryl methyl sites for hydroxylation is 1. The highest BCUT2D eigenvalue weighted by Gasteiger charge is 2.05. The number of thioether (sulfide) groups is 1. The highest BCUT2D eigenvalue weighted by atomic mass is 32.2. The molecule has 0 radical (unpaired) electrons. The predicted octanol–water partition coefficient (Wildman–Crippen LogP) is 3.20. The molecule has 2 aromatic heterocycles. The normalized spacial score (nSPS) is 10.8. The number of rotatable bonds is 6. The molecule has 0 bridgehead atoms. The number of hydrogen-bond acceptors (Lipinski definition) is 4. The molecule has 0 aliphatic rings. The van der Waals surface area contributed by atoms with Gasteiger partial charge in [0.1, 0.15) is 0 Å². The summed E-state index contributed by atoms with van der Waals surface area (Å²) in [5.41, 5.74) is 2.87. The lowest BCUT2D eigenvalue weighted by Crippen LogP contribution is -2.09. The number of benzene rings is 1. The Hall–Kier alpha value is -2.34. The van der Waals surface area contributed by atoms with Crippen LogP contribution in [-0.2, 0) is 12.2 Å². The van der Waals surface area contributed by atoms with Crippen LogP contribution in [0, 0.1) is 0 Å². The molecule has 0 atom stereocenters. The summed E-state index contributed by atoms with van der Waals surface area (Å²) in [6.45, 7) is 2.08. The third-order valence-corrected chi connectivity index (χ3v) is 4.26. The number of nitrogens with zero attached hydrogens (tertiary/aromatic N) is 3. The second-order valence-electron chi connectivity index (χ2n) is 5.21. The molecule has 0 unspecified atom stereocenters. The SMILES string of the molecule is CCCc1cc(=O)[nH]c(SCc2cnn(-c3ccccc3)c2)n1. The molecular formula is C17H18N4OS. The molecule has 23 heavy (non-hydrogen) atoms. The van der Waals surface area contributed by atoms with E-state index >= 15 is 0 Å². The van der Waals surface area contributed by atoms with Crippen LogP contribution in [0.5, 0.6) is 0 Å². The Morgan fingerprint density at radius 1 is 1.26 bits per heavy atom. The van der Waals surface area contributed by atoms with Gasteiger partial charge in [-0.25, -0.2) is 9.67 Å². The minimum absolute atomic E-state index is 0.0917. The van der Waals surface area contributed by atoms with Crippen molar-refractivity contribution in [3.8, 4) is 5.69 Å². The van der Waals surface area contributed by atoms with Crippen molar-refractivity contribution in [2.75, 3.05) is 0 Å². The number of hydrogen-bond donors (Lipinski definition) is 1. The average molecular weight is 326 g/mol. The van der Waals surface area contributed by atoms with E-state index < -0.39 is 0 Å². The van der Waals surface area contributed by atoms with Gasteiger partial charge in [-0.15, -0.1) is 0 Å². The van der Waals surface area contributed by atoms with E-state index in [1.165, 1.54) is 11.8 Å². The van der Waals surface area contributed by atoms with Gasteiger partial charge in [0.15, 0.2) is 5.16 Å². The number of nitrogens with one attached hydrogen (secondary N) is 1. The molecule has 3 aromatic rings. The van der Waals surface area contributed by atoms with Crippen molar-refractivity contribution in [1.82, 2.24) is 19.7 Å². The highest BCUT2D eigenvalue weighted by molar-refractivity contribution is 7.98. The molecule has 0 aliphatic carbocycles. The molecule has 0 saturated heterocycles. The Morgan fingerprint density at radius 3 is 2.87 bits per heavy atom. The van der Waals surface area contributed by atoms with Crippen LogP contribution in [-0.4, -0.2) is 19.7 Å². The van der Waals surface area contributed by atoms with Crippen LogP contribution in [0.3, 0.4) is 0 Å². The smallest absolute Gasteiger partial charge is 0.251 e. The van der Waals surface area contributed by atoms with Gasteiger partial charge in [0.25, 0.3) is 5.56 Å². The molecule has 0 fully saturated rings. The van der Waals surface area contributed by atoms with Gasteiger partial charge in [0.05, 0.1) is 11.9 Å². The molecule has 6 heteroatoms. The lowest BCUT2D eigenvalue weighted by molar-refractivity contribution is 0.816. The first-order valence-electron chi connectivity index (χ1n) is 7.56. The molecule has 0 amide bonds. The maximum Gasteiger partial charge on any atom is 0.251 e. The first kappa shape index (κ1) is 15.6. The van der Waals surface area contributed by atoms with Gasteiger partial charge < -0.3 is 4.98 Å². The van der Waals surface area contributed by atoms with E-state index in [0.29, 0.717) is 10.9 Å². The maximum atomic E-state index is 11.7. The van der Waals surface area contributed by atoms with Crippen LogP contribution < -0.4 is 5.56 Å². The van der Waals surface area contributed by atoms with Crippen molar-refractivity contribution in [2.24, 2.45) is 0 Å². The molecule has 1 N–H and O–H groups in total. The van der Waals surface area contributed by atoms with Crippen LogP contribution in [0.1, 0.15) is 24.6 Å². The Morgan fingerprint density at radius 2 is 2.09 bits per heavy atom. The molecular weight excluding hydrogens is 308 g/mol. The van der Waals surface area contributed by atoms with Gasteiger partial charge in [-0.2, -0.15) is 5.10 Å². The molecule has 3 rings (SSSR count). The van der Waals surface area contributed by atoms with Gasteiger partial charge in [0.2, 0.25) is 0 Å². The lowest BCUT2D eigenvalue weighted by atomic mass is 10.2. The average Bonchev–Trinajstić information content (AvgIpc) is 3.03. The van der Waals surface area contributed by atoms with Gasteiger partial charge in [-0.3, -0.25) is 4.79 Å². The monoisotopic (exact) mass is 326 g/mol. The topological polar surface area (TPSA) is 63.6 Å². The summed E-state index contributed by atoms with van der Waals surface area (Å²) in [4.78, 5) is 18.9. The summed E-state index contributed by atoms with van der Waals surface area (Å²) in [6.07, 6.45) is 5.64. The van der Waals surface area contributed by atoms with E-state index in [1.54, 1.807) is 6.07 Å². The fraction of sp³-hybridized carbons (Fsp3) is 0.235. The van der Waals surface area contributed by atoms with Crippen LogP contribution in [0.25, 0.3) is 5.69 Å². The molecule has 0 saturated carbocycles. The number of H-pyrrole nitrogens is 1. The fourth-order valence-corrected chi connectivity index (χ4v) is 3.05. The summed E-state index contributed by atoms with van der Waals surface area (Å²) < 4.78 is 1.85. The van der Waals surface area contributed by atoms with Gasteiger partial charge in [-0.1, -0.05) is 43.3 Å². The van der Waals surface area contributed by atoms with E-state index in [-0.39, 0.29) is 5.56 Å². The van der Waals surface area contributed by atoms with Crippen molar-refractivity contribution in [3.05, 3.63) is 70.4 Å². The first-order valence-corrected chi connectivity index (χ1v) is 8.55. The van der Waals surface area contributed by atoms with E-state index in [0.717, 1.165) is 29.8 Å². The van der Waals surface area contributed by atoms with E-state index in [1.807, 2.05) is 47.4 Å². The largest absolute Gasteiger partial charge is 0.301 e. The fourth-order valence-electron chi connectivity index (χ4n) is 2.24. The third-order valence-electron chi connectivity index (χ3n) is 3.31. The summed E-state index contributed by atoms with van der Waals surface area (Å²) in [5.74, 6) is 0.714. The summed E-state index contributed by atoms with van der Waals surface area (Å²) in [5, 5.41) is 5.03. The minimum atomic E-state index is -0.0917. The first-order chi connectivity index (χ1) is 11.2. The summed E-state index contributed by atoms with van der Waals surface area (Å²) in [6, 6.07) is 11.5. The molecule has 2 heterocycles. The Bertz CT molecular complexity index is 826. The zero-order valence-corrected chi connectivity index (χ0v) is 13.7. The second-order valence-corrected chi connectivity index (χ2v) is 6.17. The van der Waals surface area contributed by atoms with E-state index in [9.17, 15) is 4.79 Å². The van der Waals surface area contributed by atoms with Crippen molar-refractivity contribution < 1.29 is 0 Å². The molecule has 0 spiro atoms. The van der Waals surface area contributed by atoms with Crippen LogP contribution in [0.4, 0.5) is 0 Å². The molecule has 0 aliphatic heterocycles.